The summed E-state index contributed by atoms with van der Waals surface area (Å²) in [6.45, 7) is 7.54. The molecule has 2 heterocycles. The van der Waals surface area contributed by atoms with E-state index in [0.29, 0.717) is 19.4 Å². The Morgan fingerprint density at radius 1 is 1.48 bits per heavy atom. The summed E-state index contributed by atoms with van der Waals surface area (Å²) in [5.74, 6) is 0.971. The van der Waals surface area contributed by atoms with Crippen molar-refractivity contribution < 1.29 is 14.4 Å². The van der Waals surface area contributed by atoms with Crippen LogP contribution < -0.4 is 0 Å². The van der Waals surface area contributed by atoms with E-state index >= 15 is 0 Å². The summed E-state index contributed by atoms with van der Waals surface area (Å²) in [5, 5.41) is 13.6. The highest BCUT2D eigenvalue weighted by Gasteiger charge is 2.35. The summed E-state index contributed by atoms with van der Waals surface area (Å²) < 4.78 is 5.13. The zero-order chi connectivity index (χ0) is 15.5. The lowest BCUT2D eigenvalue weighted by Gasteiger charge is -2.41. The molecule has 5 heteroatoms. The number of carbonyl (C=O) groups excluding carboxylic acids is 1. The van der Waals surface area contributed by atoms with Crippen molar-refractivity contribution in [1.29, 1.82) is 0 Å². The molecule has 1 saturated heterocycles. The minimum absolute atomic E-state index is 0.100. The average Bonchev–Trinajstić information content (AvgIpc) is 2.83. The molecule has 0 spiro atoms. The summed E-state index contributed by atoms with van der Waals surface area (Å²) >= 11 is 0. The summed E-state index contributed by atoms with van der Waals surface area (Å²) in [5.41, 5.74) is 1.82. The molecule has 0 saturated carbocycles. The van der Waals surface area contributed by atoms with E-state index in [0.717, 1.165) is 42.8 Å². The van der Waals surface area contributed by atoms with Gasteiger partial charge < -0.3 is 14.5 Å². The second-order valence-corrected chi connectivity index (χ2v) is 6.23. The maximum atomic E-state index is 12.4. The molecule has 1 amide bonds. The lowest BCUT2D eigenvalue weighted by Crippen LogP contribution is -2.47. The van der Waals surface area contributed by atoms with Gasteiger partial charge >= 0.3 is 0 Å². The number of hydrogen-bond acceptors (Lipinski definition) is 4. The molecule has 1 aliphatic heterocycles. The van der Waals surface area contributed by atoms with Crippen LogP contribution in [0.25, 0.3) is 0 Å². The molecular formula is C16H26N2O3. The van der Waals surface area contributed by atoms with Gasteiger partial charge in [0.2, 0.25) is 5.91 Å². The van der Waals surface area contributed by atoms with Crippen molar-refractivity contribution >= 4 is 5.91 Å². The van der Waals surface area contributed by atoms with E-state index in [4.69, 9.17) is 4.52 Å². The predicted molar refractivity (Wildman–Crippen MR) is 79.9 cm³/mol. The fraction of sp³-hybridized carbons (Fsp3) is 0.750. The van der Waals surface area contributed by atoms with Gasteiger partial charge in [-0.05, 0) is 39.5 Å². The van der Waals surface area contributed by atoms with E-state index < -0.39 is 0 Å². The molecule has 1 aromatic heterocycles. The fourth-order valence-corrected chi connectivity index (χ4v) is 3.20. The number of aryl methyl sites for hydroxylation is 2. The van der Waals surface area contributed by atoms with Crippen LogP contribution in [0.4, 0.5) is 0 Å². The number of nitrogens with zero attached hydrogens (tertiary/aromatic N) is 2. The van der Waals surface area contributed by atoms with E-state index in [9.17, 15) is 9.90 Å². The zero-order valence-corrected chi connectivity index (χ0v) is 13.3. The molecule has 0 radical (unpaired) electrons. The molecule has 1 N–H and O–H groups in total. The Labute approximate surface area is 126 Å². The number of aromatic nitrogens is 1. The quantitative estimate of drug-likeness (QED) is 0.904. The second-order valence-electron chi connectivity index (χ2n) is 6.23. The van der Waals surface area contributed by atoms with Crippen LogP contribution in [0.3, 0.4) is 0 Å². The molecule has 0 aromatic carbocycles. The molecule has 118 valence electrons. The first-order chi connectivity index (χ1) is 10.0. The Balaban J connectivity index is 1.94. The lowest BCUT2D eigenvalue weighted by atomic mass is 9.78. The van der Waals surface area contributed by atoms with Crippen LogP contribution >= 0.6 is 0 Å². The highest BCUT2D eigenvalue weighted by atomic mass is 16.5. The number of hydrogen-bond donors (Lipinski definition) is 1. The van der Waals surface area contributed by atoms with Crippen molar-refractivity contribution in [2.75, 3.05) is 19.7 Å². The van der Waals surface area contributed by atoms with Crippen LogP contribution in [0.15, 0.2) is 4.52 Å². The Morgan fingerprint density at radius 3 is 2.81 bits per heavy atom. The molecule has 2 rings (SSSR count). The van der Waals surface area contributed by atoms with Crippen molar-refractivity contribution in [3.8, 4) is 0 Å². The number of aliphatic hydroxyl groups excluding tert-OH is 1. The topological polar surface area (TPSA) is 66.6 Å². The summed E-state index contributed by atoms with van der Waals surface area (Å²) in [6, 6.07) is 0. The number of carbonyl (C=O) groups is 1. The largest absolute Gasteiger partial charge is 0.396 e. The van der Waals surface area contributed by atoms with Gasteiger partial charge in [-0.1, -0.05) is 12.1 Å². The van der Waals surface area contributed by atoms with Crippen molar-refractivity contribution in [2.24, 2.45) is 5.41 Å². The highest BCUT2D eigenvalue weighted by molar-refractivity contribution is 5.76. The van der Waals surface area contributed by atoms with Gasteiger partial charge in [0.1, 0.15) is 5.76 Å². The first-order valence-electron chi connectivity index (χ1n) is 7.82. The van der Waals surface area contributed by atoms with E-state index in [1.807, 2.05) is 18.7 Å². The van der Waals surface area contributed by atoms with Crippen LogP contribution in [0.5, 0.6) is 0 Å². The van der Waals surface area contributed by atoms with Crippen LogP contribution in [0, 0.1) is 19.3 Å². The highest BCUT2D eigenvalue weighted by Crippen LogP contribution is 2.33. The molecule has 0 bridgehead atoms. The number of rotatable bonds is 5. The van der Waals surface area contributed by atoms with Gasteiger partial charge in [-0.15, -0.1) is 0 Å². The molecule has 1 fully saturated rings. The maximum absolute atomic E-state index is 12.4. The number of amides is 1. The van der Waals surface area contributed by atoms with Gasteiger partial charge in [-0.3, -0.25) is 4.79 Å². The first kappa shape index (κ1) is 16.0. The molecule has 1 atom stereocenters. The predicted octanol–water partition coefficient (Wildman–Crippen LogP) is 2.24. The fourth-order valence-electron chi connectivity index (χ4n) is 3.20. The molecule has 0 unspecified atom stereocenters. The second kappa shape index (κ2) is 6.60. The van der Waals surface area contributed by atoms with Crippen molar-refractivity contribution in [1.82, 2.24) is 10.1 Å². The molecule has 1 aromatic rings. The van der Waals surface area contributed by atoms with Gasteiger partial charge in [-0.2, -0.15) is 0 Å². The molecule has 1 aliphatic rings. The molecule has 5 nitrogen and oxygen atoms in total. The third kappa shape index (κ3) is 3.46. The third-order valence-electron chi connectivity index (χ3n) is 4.87. The zero-order valence-electron chi connectivity index (χ0n) is 13.3. The summed E-state index contributed by atoms with van der Waals surface area (Å²) in [6.07, 6.45) is 4.05. The van der Waals surface area contributed by atoms with Gasteiger partial charge in [0.25, 0.3) is 0 Å². The van der Waals surface area contributed by atoms with Crippen molar-refractivity contribution in [3.63, 3.8) is 0 Å². The Morgan fingerprint density at radius 2 is 2.24 bits per heavy atom. The standard InChI is InChI=1S/C16H26N2O3/c1-4-16(11-19)8-5-9-18(10-16)15(20)7-6-14-12(2)17-21-13(14)3/h19H,4-11H2,1-3H3/t16-/m1/s1. The Kier molecular flexibility index (Phi) is 5.04. The normalized spacial score (nSPS) is 22.6. The van der Waals surface area contributed by atoms with E-state index in [1.165, 1.54) is 0 Å². The van der Waals surface area contributed by atoms with Crippen LogP contribution in [-0.4, -0.2) is 40.8 Å². The van der Waals surface area contributed by atoms with Crippen LogP contribution in [0.1, 0.15) is 49.6 Å². The monoisotopic (exact) mass is 294 g/mol. The number of likely N-dealkylation sites (tertiary alicyclic amines) is 1. The van der Waals surface area contributed by atoms with Gasteiger partial charge in [-0.25, -0.2) is 0 Å². The lowest BCUT2D eigenvalue weighted by molar-refractivity contribution is -0.135. The van der Waals surface area contributed by atoms with E-state index in [1.54, 1.807) is 0 Å². The third-order valence-corrected chi connectivity index (χ3v) is 4.87. The van der Waals surface area contributed by atoms with E-state index in [2.05, 4.69) is 12.1 Å². The summed E-state index contributed by atoms with van der Waals surface area (Å²) in [4.78, 5) is 14.3. The minimum Gasteiger partial charge on any atom is -0.396 e. The van der Waals surface area contributed by atoms with Crippen LogP contribution in [0.2, 0.25) is 0 Å². The Hall–Kier alpha value is -1.36. The smallest absolute Gasteiger partial charge is 0.222 e. The van der Waals surface area contributed by atoms with E-state index in [-0.39, 0.29) is 17.9 Å². The van der Waals surface area contributed by atoms with Gasteiger partial charge in [0.15, 0.2) is 0 Å². The van der Waals surface area contributed by atoms with Crippen LogP contribution in [-0.2, 0) is 11.2 Å². The van der Waals surface area contributed by atoms with Gasteiger partial charge in [0, 0.05) is 30.5 Å². The van der Waals surface area contributed by atoms with Crippen molar-refractivity contribution in [2.45, 2.75) is 52.9 Å². The first-order valence-corrected chi connectivity index (χ1v) is 7.82. The number of aliphatic hydroxyl groups is 1. The number of piperidine rings is 1. The Bertz CT molecular complexity index is 472. The molecule has 0 aliphatic carbocycles. The SMILES string of the molecule is CC[C@@]1(CO)CCCN(C(=O)CCc2c(C)noc2C)C1. The molecular weight excluding hydrogens is 268 g/mol. The summed E-state index contributed by atoms with van der Waals surface area (Å²) in [7, 11) is 0. The average molecular weight is 294 g/mol. The maximum Gasteiger partial charge on any atom is 0.222 e. The van der Waals surface area contributed by atoms with Crippen molar-refractivity contribution in [3.05, 3.63) is 17.0 Å². The minimum atomic E-state index is -0.100. The van der Waals surface area contributed by atoms with Gasteiger partial charge in [0.05, 0.1) is 12.3 Å². The molecule has 21 heavy (non-hydrogen) atoms.